The van der Waals surface area contributed by atoms with Gasteiger partial charge in [-0.05, 0) is 24.8 Å². The summed E-state index contributed by atoms with van der Waals surface area (Å²) in [5.41, 5.74) is 1.24. The van der Waals surface area contributed by atoms with E-state index in [1.165, 1.54) is 5.56 Å². The van der Waals surface area contributed by atoms with E-state index in [1.54, 1.807) is 6.92 Å². The lowest BCUT2D eigenvalue weighted by atomic mass is 10.1. The molecule has 3 nitrogen and oxygen atoms in total. The second-order valence-corrected chi connectivity index (χ2v) is 4.45. The van der Waals surface area contributed by atoms with Crippen LogP contribution >= 0.6 is 0 Å². The zero-order chi connectivity index (χ0) is 11.5. The summed E-state index contributed by atoms with van der Waals surface area (Å²) < 4.78 is 0. The average Bonchev–Trinajstić information content (AvgIpc) is 3.10. The monoisotopic (exact) mass is 219 g/mol. The number of carbonyl (C=O) groups is 1. The molecule has 0 radical (unpaired) electrons. The van der Waals surface area contributed by atoms with Crippen LogP contribution in [0.25, 0.3) is 0 Å². The Labute approximate surface area is 95.5 Å². The molecule has 86 valence electrons. The number of benzene rings is 1. The maximum Gasteiger partial charge on any atom is 0.224 e. The second-order valence-electron chi connectivity index (χ2n) is 4.45. The molecule has 0 bridgehead atoms. The van der Waals surface area contributed by atoms with Gasteiger partial charge in [-0.1, -0.05) is 30.3 Å². The number of hydrogen-bond acceptors (Lipinski definition) is 2. The third-order valence-electron chi connectivity index (χ3n) is 3.02. The minimum atomic E-state index is -0.149. The maximum atomic E-state index is 11.7. The molecule has 3 heteroatoms. The highest BCUT2D eigenvalue weighted by molar-refractivity contribution is 5.83. The zero-order valence-corrected chi connectivity index (χ0v) is 9.39. The van der Waals surface area contributed by atoms with Gasteiger partial charge in [0.15, 0.2) is 0 Å². The molecule has 1 amide bonds. The number of aliphatic hydroxyl groups excluding tert-OH is 1. The van der Waals surface area contributed by atoms with Crippen molar-refractivity contribution in [2.45, 2.75) is 25.3 Å². The number of rotatable bonds is 4. The molecule has 1 saturated carbocycles. The van der Waals surface area contributed by atoms with Crippen molar-refractivity contribution in [3.8, 4) is 0 Å². The third-order valence-corrected chi connectivity index (χ3v) is 3.02. The standard InChI is InChI=1S/C13H17NO2/c1-9(8-15)14-13(16)12-7-11(12)10-5-3-2-4-6-10/h2-6,9,11-12,15H,7-8H2,1H3,(H,14,16). The summed E-state index contributed by atoms with van der Waals surface area (Å²) >= 11 is 0. The van der Waals surface area contributed by atoms with Crippen LogP contribution in [-0.2, 0) is 4.79 Å². The van der Waals surface area contributed by atoms with Crippen molar-refractivity contribution in [2.75, 3.05) is 6.61 Å². The molecule has 1 aromatic rings. The van der Waals surface area contributed by atoms with Gasteiger partial charge in [0.25, 0.3) is 0 Å². The Morgan fingerprint density at radius 3 is 2.81 bits per heavy atom. The van der Waals surface area contributed by atoms with Crippen LogP contribution in [0.3, 0.4) is 0 Å². The molecule has 1 fully saturated rings. The first-order valence-corrected chi connectivity index (χ1v) is 5.68. The van der Waals surface area contributed by atoms with E-state index in [0.717, 1.165) is 6.42 Å². The fraction of sp³-hybridized carbons (Fsp3) is 0.462. The van der Waals surface area contributed by atoms with Crippen molar-refractivity contribution in [1.82, 2.24) is 5.32 Å². The van der Waals surface area contributed by atoms with E-state index in [9.17, 15) is 4.79 Å². The highest BCUT2D eigenvalue weighted by atomic mass is 16.3. The normalized spacial score (nSPS) is 24.9. The lowest BCUT2D eigenvalue weighted by Gasteiger charge is -2.10. The molecular formula is C13H17NO2. The van der Waals surface area contributed by atoms with Gasteiger partial charge in [0.05, 0.1) is 6.61 Å². The van der Waals surface area contributed by atoms with Crippen LogP contribution in [0.2, 0.25) is 0 Å². The molecule has 0 aromatic heterocycles. The molecule has 0 saturated heterocycles. The first-order valence-electron chi connectivity index (χ1n) is 5.68. The van der Waals surface area contributed by atoms with E-state index in [-0.39, 0.29) is 24.5 Å². The zero-order valence-electron chi connectivity index (χ0n) is 9.39. The van der Waals surface area contributed by atoms with Crippen molar-refractivity contribution >= 4 is 5.91 Å². The van der Waals surface area contributed by atoms with Crippen molar-refractivity contribution in [2.24, 2.45) is 5.92 Å². The van der Waals surface area contributed by atoms with Gasteiger partial charge in [0.1, 0.15) is 0 Å². The maximum absolute atomic E-state index is 11.7. The summed E-state index contributed by atoms with van der Waals surface area (Å²) in [6.45, 7) is 1.80. The second kappa shape index (κ2) is 4.66. The fourth-order valence-corrected chi connectivity index (χ4v) is 1.95. The van der Waals surface area contributed by atoms with Gasteiger partial charge < -0.3 is 10.4 Å². The van der Waals surface area contributed by atoms with Crippen LogP contribution in [0.5, 0.6) is 0 Å². The van der Waals surface area contributed by atoms with Crippen LogP contribution in [0, 0.1) is 5.92 Å². The SMILES string of the molecule is CC(CO)NC(=O)C1CC1c1ccccc1. The predicted octanol–water partition coefficient (Wildman–Crippen LogP) is 1.29. The van der Waals surface area contributed by atoms with E-state index in [4.69, 9.17) is 5.11 Å². The van der Waals surface area contributed by atoms with Crippen molar-refractivity contribution in [1.29, 1.82) is 0 Å². The van der Waals surface area contributed by atoms with Gasteiger partial charge in [-0.15, -0.1) is 0 Å². The Hall–Kier alpha value is -1.35. The van der Waals surface area contributed by atoms with Gasteiger partial charge in [0.2, 0.25) is 5.91 Å². The largest absolute Gasteiger partial charge is 0.394 e. The van der Waals surface area contributed by atoms with E-state index in [2.05, 4.69) is 17.4 Å². The minimum absolute atomic E-state index is 0.00549. The molecule has 16 heavy (non-hydrogen) atoms. The number of nitrogens with one attached hydrogen (secondary N) is 1. The molecule has 1 aliphatic rings. The minimum Gasteiger partial charge on any atom is -0.394 e. The summed E-state index contributed by atoms with van der Waals surface area (Å²) in [7, 11) is 0. The number of carbonyl (C=O) groups excluding carboxylic acids is 1. The van der Waals surface area contributed by atoms with Crippen LogP contribution in [-0.4, -0.2) is 23.7 Å². The Kier molecular flexibility index (Phi) is 3.25. The molecule has 1 aliphatic carbocycles. The Bertz CT molecular complexity index is 363. The average molecular weight is 219 g/mol. The van der Waals surface area contributed by atoms with Gasteiger partial charge in [0, 0.05) is 12.0 Å². The highest BCUT2D eigenvalue weighted by Gasteiger charge is 2.43. The molecule has 1 aromatic carbocycles. The van der Waals surface area contributed by atoms with E-state index in [1.807, 2.05) is 18.2 Å². The Morgan fingerprint density at radius 1 is 1.50 bits per heavy atom. The lowest BCUT2D eigenvalue weighted by molar-refractivity contribution is -0.123. The molecule has 2 N–H and O–H groups in total. The first kappa shape index (κ1) is 11.1. The van der Waals surface area contributed by atoms with Crippen molar-refractivity contribution in [3.05, 3.63) is 35.9 Å². The lowest BCUT2D eigenvalue weighted by Crippen LogP contribution is -2.36. The molecule has 0 spiro atoms. The molecule has 0 aliphatic heterocycles. The molecule has 3 unspecified atom stereocenters. The summed E-state index contributed by atoms with van der Waals surface area (Å²) in [5.74, 6) is 0.527. The van der Waals surface area contributed by atoms with Crippen molar-refractivity contribution < 1.29 is 9.90 Å². The van der Waals surface area contributed by atoms with E-state index in [0.29, 0.717) is 5.92 Å². The topological polar surface area (TPSA) is 49.3 Å². The van der Waals surface area contributed by atoms with E-state index < -0.39 is 0 Å². The number of amides is 1. The van der Waals surface area contributed by atoms with E-state index >= 15 is 0 Å². The number of aliphatic hydroxyl groups is 1. The number of hydrogen-bond donors (Lipinski definition) is 2. The predicted molar refractivity (Wildman–Crippen MR) is 62.0 cm³/mol. The van der Waals surface area contributed by atoms with Gasteiger partial charge >= 0.3 is 0 Å². The molecule has 3 atom stereocenters. The van der Waals surface area contributed by atoms with Crippen LogP contribution in [0.4, 0.5) is 0 Å². The molecule has 0 heterocycles. The quantitative estimate of drug-likeness (QED) is 0.801. The Morgan fingerprint density at radius 2 is 2.19 bits per heavy atom. The Balaban J connectivity index is 1.89. The molecular weight excluding hydrogens is 202 g/mol. The summed E-state index contributed by atoms with van der Waals surface area (Å²) in [4.78, 5) is 11.7. The van der Waals surface area contributed by atoms with Crippen LogP contribution < -0.4 is 5.32 Å². The van der Waals surface area contributed by atoms with Crippen LogP contribution in [0.15, 0.2) is 30.3 Å². The fourth-order valence-electron chi connectivity index (χ4n) is 1.95. The van der Waals surface area contributed by atoms with Crippen molar-refractivity contribution in [3.63, 3.8) is 0 Å². The van der Waals surface area contributed by atoms with Gasteiger partial charge in [-0.3, -0.25) is 4.79 Å². The smallest absolute Gasteiger partial charge is 0.224 e. The first-order chi connectivity index (χ1) is 7.72. The molecule has 2 rings (SSSR count). The highest BCUT2D eigenvalue weighted by Crippen LogP contribution is 2.47. The van der Waals surface area contributed by atoms with Gasteiger partial charge in [-0.2, -0.15) is 0 Å². The van der Waals surface area contributed by atoms with Crippen LogP contribution in [0.1, 0.15) is 24.8 Å². The third kappa shape index (κ3) is 2.42. The summed E-state index contributed by atoms with van der Waals surface area (Å²) in [6.07, 6.45) is 0.925. The van der Waals surface area contributed by atoms with Gasteiger partial charge in [-0.25, -0.2) is 0 Å². The summed E-state index contributed by atoms with van der Waals surface area (Å²) in [5, 5.41) is 11.7. The summed E-state index contributed by atoms with van der Waals surface area (Å²) in [6, 6.07) is 9.96.